The van der Waals surface area contributed by atoms with Crippen molar-refractivity contribution in [3.8, 4) is 17.2 Å². The number of benzene rings is 1. The standard InChI is InChI=1S/C14H21NO3/c1-5-6-7-11(15)10-8-12(16-2)14(18-4)13(9-10)17-3/h5,8-9,11H,1,6-7,15H2,2-4H3/t11-/m1/s1. The zero-order valence-electron chi connectivity index (χ0n) is 11.2. The summed E-state index contributed by atoms with van der Waals surface area (Å²) in [5.74, 6) is 1.83. The van der Waals surface area contributed by atoms with Gasteiger partial charge in [0.05, 0.1) is 21.3 Å². The van der Waals surface area contributed by atoms with Crippen molar-refractivity contribution in [2.75, 3.05) is 21.3 Å². The van der Waals surface area contributed by atoms with Gasteiger partial charge in [-0.1, -0.05) is 6.08 Å². The number of rotatable bonds is 7. The monoisotopic (exact) mass is 251 g/mol. The number of methoxy groups -OCH3 is 3. The predicted octanol–water partition coefficient (Wildman–Crippen LogP) is 2.68. The molecule has 1 atom stereocenters. The van der Waals surface area contributed by atoms with E-state index in [-0.39, 0.29) is 6.04 Å². The normalized spacial score (nSPS) is 11.8. The Labute approximate surface area is 108 Å². The molecule has 0 aliphatic rings. The molecule has 0 heterocycles. The van der Waals surface area contributed by atoms with E-state index in [9.17, 15) is 0 Å². The van der Waals surface area contributed by atoms with Crippen LogP contribution >= 0.6 is 0 Å². The summed E-state index contributed by atoms with van der Waals surface area (Å²) in [7, 11) is 4.77. The molecule has 100 valence electrons. The molecular formula is C14H21NO3. The minimum absolute atomic E-state index is 0.0725. The van der Waals surface area contributed by atoms with E-state index in [1.165, 1.54) is 0 Å². The molecule has 0 fully saturated rings. The fourth-order valence-electron chi connectivity index (χ4n) is 1.78. The van der Waals surface area contributed by atoms with Crippen molar-refractivity contribution in [2.45, 2.75) is 18.9 Å². The summed E-state index contributed by atoms with van der Waals surface area (Å²) in [6.07, 6.45) is 3.57. The van der Waals surface area contributed by atoms with Gasteiger partial charge in [-0.2, -0.15) is 0 Å². The van der Waals surface area contributed by atoms with Crippen molar-refractivity contribution in [3.05, 3.63) is 30.4 Å². The first-order valence-corrected chi connectivity index (χ1v) is 5.84. The van der Waals surface area contributed by atoms with Crippen LogP contribution in [0.4, 0.5) is 0 Å². The number of ether oxygens (including phenoxy) is 3. The molecule has 0 unspecified atom stereocenters. The molecule has 0 aliphatic carbocycles. The summed E-state index contributed by atoms with van der Waals surface area (Å²) in [5, 5.41) is 0. The minimum Gasteiger partial charge on any atom is -0.493 e. The van der Waals surface area contributed by atoms with E-state index in [1.807, 2.05) is 18.2 Å². The Morgan fingerprint density at radius 2 is 1.72 bits per heavy atom. The largest absolute Gasteiger partial charge is 0.493 e. The number of hydrogen-bond acceptors (Lipinski definition) is 4. The van der Waals surface area contributed by atoms with E-state index in [0.29, 0.717) is 17.2 Å². The first-order chi connectivity index (χ1) is 8.67. The second-order valence-corrected chi connectivity index (χ2v) is 3.93. The van der Waals surface area contributed by atoms with Gasteiger partial charge in [0.15, 0.2) is 11.5 Å². The Morgan fingerprint density at radius 1 is 1.17 bits per heavy atom. The van der Waals surface area contributed by atoms with Crippen molar-refractivity contribution >= 4 is 0 Å². The molecule has 0 bridgehead atoms. The summed E-state index contributed by atoms with van der Waals surface area (Å²) in [4.78, 5) is 0. The van der Waals surface area contributed by atoms with Crippen LogP contribution in [0, 0.1) is 0 Å². The van der Waals surface area contributed by atoms with Crippen molar-refractivity contribution in [1.29, 1.82) is 0 Å². The van der Waals surface area contributed by atoms with Crippen LogP contribution in [0.1, 0.15) is 24.4 Å². The fourth-order valence-corrected chi connectivity index (χ4v) is 1.78. The Morgan fingerprint density at radius 3 is 2.11 bits per heavy atom. The van der Waals surface area contributed by atoms with Gasteiger partial charge in [-0.15, -0.1) is 6.58 Å². The molecule has 0 saturated heterocycles. The lowest BCUT2D eigenvalue weighted by Crippen LogP contribution is -2.10. The predicted molar refractivity (Wildman–Crippen MR) is 72.5 cm³/mol. The van der Waals surface area contributed by atoms with Gasteiger partial charge in [0.1, 0.15) is 0 Å². The van der Waals surface area contributed by atoms with Crippen molar-refractivity contribution < 1.29 is 14.2 Å². The fraction of sp³-hybridized carbons (Fsp3) is 0.429. The lowest BCUT2D eigenvalue weighted by Gasteiger charge is -2.17. The SMILES string of the molecule is C=CCC[C@@H](N)c1cc(OC)c(OC)c(OC)c1. The average Bonchev–Trinajstić information content (AvgIpc) is 2.42. The maximum absolute atomic E-state index is 6.12. The molecule has 4 nitrogen and oxygen atoms in total. The van der Waals surface area contributed by atoms with Gasteiger partial charge in [-0.05, 0) is 30.5 Å². The molecule has 0 aliphatic heterocycles. The summed E-state index contributed by atoms with van der Waals surface area (Å²) >= 11 is 0. The van der Waals surface area contributed by atoms with Crippen molar-refractivity contribution in [1.82, 2.24) is 0 Å². The van der Waals surface area contributed by atoms with Gasteiger partial charge < -0.3 is 19.9 Å². The molecule has 1 rings (SSSR count). The topological polar surface area (TPSA) is 53.7 Å². The van der Waals surface area contributed by atoms with Crippen molar-refractivity contribution in [3.63, 3.8) is 0 Å². The van der Waals surface area contributed by atoms with Crippen LogP contribution in [0.2, 0.25) is 0 Å². The maximum atomic E-state index is 6.12. The van der Waals surface area contributed by atoms with E-state index in [0.717, 1.165) is 18.4 Å². The zero-order chi connectivity index (χ0) is 13.5. The second-order valence-electron chi connectivity index (χ2n) is 3.93. The molecule has 0 radical (unpaired) electrons. The average molecular weight is 251 g/mol. The van der Waals surface area contributed by atoms with Gasteiger partial charge in [0.2, 0.25) is 5.75 Å². The molecule has 4 heteroatoms. The van der Waals surface area contributed by atoms with Crippen LogP contribution in [-0.4, -0.2) is 21.3 Å². The molecule has 18 heavy (non-hydrogen) atoms. The number of nitrogens with two attached hydrogens (primary N) is 1. The maximum Gasteiger partial charge on any atom is 0.203 e. The highest BCUT2D eigenvalue weighted by atomic mass is 16.5. The van der Waals surface area contributed by atoms with Crippen LogP contribution in [0.5, 0.6) is 17.2 Å². The van der Waals surface area contributed by atoms with E-state index in [1.54, 1.807) is 21.3 Å². The summed E-state index contributed by atoms with van der Waals surface area (Å²) in [6.45, 7) is 3.70. The Balaban J connectivity index is 3.10. The molecule has 1 aromatic carbocycles. The summed E-state index contributed by atoms with van der Waals surface area (Å²) < 4.78 is 15.9. The lowest BCUT2D eigenvalue weighted by molar-refractivity contribution is 0.323. The molecule has 0 amide bonds. The lowest BCUT2D eigenvalue weighted by atomic mass is 10.0. The van der Waals surface area contributed by atoms with Gasteiger partial charge in [0.25, 0.3) is 0 Å². The molecule has 0 spiro atoms. The van der Waals surface area contributed by atoms with Crippen LogP contribution in [-0.2, 0) is 0 Å². The third-order valence-electron chi connectivity index (χ3n) is 2.80. The Kier molecular flexibility index (Phi) is 5.52. The van der Waals surface area contributed by atoms with Crippen LogP contribution in [0.3, 0.4) is 0 Å². The van der Waals surface area contributed by atoms with Gasteiger partial charge in [-0.3, -0.25) is 0 Å². The highest BCUT2D eigenvalue weighted by Gasteiger charge is 2.16. The van der Waals surface area contributed by atoms with Gasteiger partial charge >= 0.3 is 0 Å². The van der Waals surface area contributed by atoms with E-state index in [4.69, 9.17) is 19.9 Å². The summed E-state index contributed by atoms with van der Waals surface area (Å²) in [5.41, 5.74) is 7.08. The van der Waals surface area contributed by atoms with Crippen LogP contribution < -0.4 is 19.9 Å². The molecule has 0 aromatic heterocycles. The Hall–Kier alpha value is -1.68. The zero-order valence-corrected chi connectivity index (χ0v) is 11.2. The molecule has 2 N–H and O–H groups in total. The second kappa shape index (κ2) is 6.91. The Bertz CT molecular complexity index is 379. The van der Waals surface area contributed by atoms with Crippen LogP contribution in [0.15, 0.2) is 24.8 Å². The van der Waals surface area contributed by atoms with Gasteiger partial charge in [-0.25, -0.2) is 0 Å². The molecule has 0 saturated carbocycles. The van der Waals surface area contributed by atoms with Crippen molar-refractivity contribution in [2.24, 2.45) is 5.73 Å². The number of hydrogen-bond donors (Lipinski definition) is 1. The molecule has 1 aromatic rings. The van der Waals surface area contributed by atoms with E-state index >= 15 is 0 Å². The highest BCUT2D eigenvalue weighted by Crippen LogP contribution is 2.39. The minimum atomic E-state index is -0.0725. The quantitative estimate of drug-likeness (QED) is 0.757. The van der Waals surface area contributed by atoms with E-state index in [2.05, 4.69) is 6.58 Å². The third-order valence-corrected chi connectivity index (χ3v) is 2.80. The summed E-state index contributed by atoms with van der Waals surface area (Å²) in [6, 6.07) is 3.70. The number of allylic oxidation sites excluding steroid dienone is 1. The van der Waals surface area contributed by atoms with Crippen LogP contribution in [0.25, 0.3) is 0 Å². The smallest absolute Gasteiger partial charge is 0.203 e. The molecular weight excluding hydrogens is 230 g/mol. The van der Waals surface area contributed by atoms with Gasteiger partial charge in [0, 0.05) is 6.04 Å². The highest BCUT2D eigenvalue weighted by molar-refractivity contribution is 5.54. The third kappa shape index (κ3) is 3.17. The first kappa shape index (κ1) is 14.4. The van der Waals surface area contributed by atoms with E-state index < -0.39 is 0 Å². The first-order valence-electron chi connectivity index (χ1n) is 5.84.